The molecule has 0 saturated carbocycles. The Hall–Kier alpha value is -2.27. The number of guanidine groups is 1. The molecule has 1 aromatic carbocycles. The summed E-state index contributed by atoms with van der Waals surface area (Å²) >= 11 is 0. The second-order valence-corrected chi connectivity index (χ2v) is 7.86. The average Bonchev–Trinajstić information content (AvgIpc) is 3.26. The van der Waals surface area contributed by atoms with Crippen molar-refractivity contribution in [1.82, 2.24) is 19.7 Å². The first-order valence-electron chi connectivity index (χ1n) is 10.9. The van der Waals surface area contributed by atoms with Crippen LogP contribution in [-0.4, -0.2) is 66.9 Å². The quantitative estimate of drug-likeness (QED) is 0.246. The summed E-state index contributed by atoms with van der Waals surface area (Å²) in [4.78, 5) is 21.0. The van der Waals surface area contributed by atoms with Crippen LogP contribution in [0.1, 0.15) is 18.4 Å². The molecule has 1 fully saturated rings. The molecule has 1 aromatic heterocycles. The molecule has 0 bridgehead atoms. The molecule has 0 aliphatic carbocycles. The SMILES string of the molecule is CN=C(NCCCCn1ccccc1=O)N1CCN(Cc2ccc3c(c2)OCO3)CC1.I. The molecule has 9 heteroatoms. The Kier molecular flexibility index (Phi) is 9.22. The number of unbranched alkanes of at least 4 members (excludes halogenated alkanes) is 1. The minimum absolute atomic E-state index is 0. The molecule has 0 radical (unpaired) electrons. The number of nitrogens with zero attached hydrogens (tertiary/aromatic N) is 4. The molecule has 0 spiro atoms. The summed E-state index contributed by atoms with van der Waals surface area (Å²) in [7, 11) is 1.84. The van der Waals surface area contributed by atoms with Gasteiger partial charge in [-0.05, 0) is 36.6 Å². The van der Waals surface area contributed by atoms with Crippen molar-refractivity contribution in [1.29, 1.82) is 0 Å². The van der Waals surface area contributed by atoms with Crippen LogP contribution in [0.4, 0.5) is 0 Å². The number of halogens is 1. The topological polar surface area (TPSA) is 71.3 Å². The average molecular weight is 553 g/mol. The van der Waals surface area contributed by atoms with E-state index in [2.05, 4.69) is 32.2 Å². The third kappa shape index (κ3) is 6.38. The van der Waals surface area contributed by atoms with Crippen LogP contribution < -0.4 is 20.3 Å². The summed E-state index contributed by atoms with van der Waals surface area (Å²) in [6, 6.07) is 11.5. The predicted octanol–water partition coefficient (Wildman–Crippen LogP) is 2.37. The molecule has 1 N–H and O–H groups in total. The second-order valence-electron chi connectivity index (χ2n) is 7.86. The Morgan fingerprint density at radius 3 is 2.66 bits per heavy atom. The number of fused-ring (bicyclic) bond motifs is 1. The number of aromatic nitrogens is 1. The van der Waals surface area contributed by atoms with Crippen molar-refractivity contribution in [3.05, 3.63) is 58.5 Å². The zero-order valence-electron chi connectivity index (χ0n) is 18.5. The number of piperazine rings is 1. The van der Waals surface area contributed by atoms with E-state index in [1.54, 1.807) is 16.7 Å². The number of rotatable bonds is 7. The number of aliphatic imine (C=N–C) groups is 1. The Morgan fingerprint density at radius 2 is 1.88 bits per heavy atom. The van der Waals surface area contributed by atoms with E-state index in [4.69, 9.17) is 9.47 Å². The molecule has 0 atom stereocenters. The van der Waals surface area contributed by atoms with Crippen molar-refractivity contribution in [3.63, 3.8) is 0 Å². The van der Waals surface area contributed by atoms with Gasteiger partial charge in [-0.1, -0.05) is 12.1 Å². The first kappa shape index (κ1) is 24.4. The lowest BCUT2D eigenvalue weighted by molar-refractivity contribution is 0.171. The predicted molar refractivity (Wildman–Crippen MR) is 136 cm³/mol. The van der Waals surface area contributed by atoms with Crippen molar-refractivity contribution >= 4 is 29.9 Å². The molecular weight excluding hydrogens is 521 g/mol. The van der Waals surface area contributed by atoms with Crippen LogP contribution >= 0.6 is 24.0 Å². The van der Waals surface area contributed by atoms with Gasteiger partial charge in [0.15, 0.2) is 17.5 Å². The fourth-order valence-electron chi connectivity index (χ4n) is 4.00. The van der Waals surface area contributed by atoms with Gasteiger partial charge < -0.3 is 24.3 Å². The third-order valence-electron chi connectivity index (χ3n) is 5.73. The van der Waals surface area contributed by atoms with Crippen LogP contribution in [0.15, 0.2) is 52.4 Å². The Morgan fingerprint density at radius 1 is 1.06 bits per heavy atom. The van der Waals surface area contributed by atoms with Gasteiger partial charge in [0.05, 0.1) is 0 Å². The standard InChI is InChI=1S/C23H31N5O3.HI/c1-24-23(25-9-3-5-11-27-10-4-2-6-22(27)29)28-14-12-26(13-15-28)17-19-7-8-20-21(16-19)31-18-30-20;/h2,4,6-8,10,16H,3,5,9,11-15,17-18H2,1H3,(H,24,25);1H. The molecule has 32 heavy (non-hydrogen) atoms. The van der Waals surface area contributed by atoms with E-state index in [9.17, 15) is 4.79 Å². The molecular formula is C23H32IN5O3. The van der Waals surface area contributed by atoms with E-state index in [0.717, 1.165) is 76.1 Å². The van der Waals surface area contributed by atoms with Gasteiger partial charge in [-0.3, -0.25) is 14.7 Å². The lowest BCUT2D eigenvalue weighted by Gasteiger charge is -2.36. The smallest absolute Gasteiger partial charge is 0.250 e. The first-order valence-corrected chi connectivity index (χ1v) is 10.9. The van der Waals surface area contributed by atoms with Gasteiger partial charge in [-0.25, -0.2) is 0 Å². The lowest BCUT2D eigenvalue weighted by atomic mass is 10.1. The number of benzene rings is 1. The summed E-state index contributed by atoms with van der Waals surface area (Å²) in [5, 5.41) is 3.47. The highest BCUT2D eigenvalue weighted by Crippen LogP contribution is 2.32. The van der Waals surface area contributed by atoms with Gasteiger partial charge in [0.1, 0.15) is 0 Å². The monoisotopic (exact) mass is 553 g/mol. The molecule has 174 valence electrons. The summed E-state index contributed by atoms with van der Waals surface area (Å²) < 4.78 is 12.6. The second kappa shape index (κ2) is 12.1. The number of ether oxygens (including phenoxy) is 2. The maximum Gasteiger partial charge on any atom is 0.250 e. The molecule has 0 unspecified atom stereocenters. The Labute approximate surface area is 206 Å². The van der Waals surface area contributed by atoms with Gasteiger partial charge in [0.2, 0.25) is 12.4 Å². The van der Waals surface area contributed by atoms with Crippen molar-refractivity contribution in [3.8, 4) is 11.5 Å². The van der Waals surface area contributed by atoms with Crippen LogP contribution in [0.5, 0.6) is 11.5 Å². The minimum Gasteiger partial charge on any atom is -0.454 e. The zero-order chi connectivity index (χ0) is 21.5. The van der Waals surface area contributed by atoms with E-state index in [0.29, 0.717) is 6.79 Å². The number of hydrogen-bond donors (Lipinski definition) is 1. The fourth-order valence-corrected chi connectivity index (χ4v) is 4.00. The lowest BCUT2D eigenvalue weighted by Crippen LogP contribution is -2.52. The van der Waals surface area contributed by atoms with Gasteiger partial charge in [-0.15, -0.1) is 24.0 Å². The fraction of sp³-hybridized carbons (Fsp3) is 0.478. The van der Waals surface area contributed by atoms with Crippen LogP contribution in [0, 0.1) is 0 Å². The molecule has 0 amide bonds. The number of nitrogens with one attached hydrogen (secondary N) is 1. The van der Waals surface area contributed by atoms with E-state index < -0.39 is 0 Å². The number of hydrogen-bond acceptors (Lipinski definition) is 5. The highest BCUT2D eigenvalue weighted by molar-refractivity contribution is 14.0. The van der Waals surface area contributed by atoms with Crippen molar-refractivity contribution in [2.75, 3.05) is 46.6 Å². The Bertz CT molecular complexity index is 957. The zero-order valence-corrected chi connectivity index (χ0v) is 20.9. The summed E-state index contributed by atoms with van der Waals surface area (Å²) in [6.07, 6.45) is 3.79. The molecule has 2 aromatic rings. The molecule has 8 nitrogen and oxygen atoms in total. The Balaban J connectivity index is 0.00000289. The van der Waals surface area contributed by atoms with Crippen LogP contribution in [0.25, 0.3) is 0 Å². The number of aryl methyl sites for hydroxylation is 1. The van der Waals surface area contributed by atoms with Gasteiger partial charge >= 0.3 is 0 Å². The summed E-state index contributed by atoms with van der Waals surface area (Å²) in [5.74, 6) is 2.64. The minimum atomic E-state index is 0. The highest BCUT2D eigenvalue weighted by Gasteiger charge is 2.20. The van der Waals surface area contributed by atoms with E-state index in [-0.39, 0.29) is 29.5 Å². The third-order valence-corrected chi connectivity index (χ3v) is 5.73. The van der Waals surface area contributed by atoms with Crippen LogP contribution in [-0.2, 0) is 13.1 Å². The van der Waals surface area contributed by atoms with Gasteiger partial charge in [-0.2, -0.15) is 0 Å². The van der Waals surface area contributed by atoms with E-state index in [1.165, 1.54) is 5.56 Å². The molecule has 2 aliphatic heterocycles. The van der Waals surface area contributed by atoms with Crippen LogP contribution in [0.3, 0.4) is 0 Å². The molecule has 2 aliphatic rings. The van der Waals surface area contributed by atoms with Crippen LogP contribution in [0.2, 0.25) is 0 Å². The molecule has 4 rings (SSSR count). The molecule has 3 heterocycles. The van der Waals surface area contributed by atoms with Gasteiger partial charge in [0.25, 0.3) is 0 Å². The summed E-state index contributed by atoms with van der Waals surface area (Å²) in [6.45, 7) is 6.71. The normalized spacial score (nSPS) is 16.0. The maximum atomic E-state index is 11.7. The van der Waals surface area contributed by atoms with Crippen molar-refractivity contribution in [2.24, 2.45) is 4.99 Å². The maximum absolute atomic E-state index is 11.7. The molecule has 1 saturated heterocycles. The largest absolute Gasteiger partial charge is 0.454 e. The summed E-state index contributed by atoms with van der Waals surface area (Å²) in [5.41, 5.74) is 1.31. The number of pyridine rings is 1. The highest BCUT2D eigenvalue weighted by atomic mass is 127. The van der Waals surface area contributed by atoms with E-state index in [1.807, 2.05) is 25.4 Å². The van der Waals surface area contributed by atoms with Crippen molar-refractivity contribution in [2.45, 2.75) is 25.9 Å². The van der Waals surface area contributed by atoms with Crippen molar-refractivity contribution < 1.29 is 9.47 Å². The van der Waals surface area contributed by atoms with E-state index >= 15 is 0 Å². The first-order chi connectivity index (χ1) is 15.2. The van der Waals surface area contributed by atoms with Gasteiger partial charge in [0, 0.05) is 65.1 Å².